The van der Waals surface area contributed by atoms with Crippen molar-refractivity contribution in [1.82, 2.24) is 0 Å². The summed E-state index contributed by atoms with van der Waals surface area (Å²) in [5.41, 5.74) is 2.25. The Morgan fingerprint density at radius 1 is 0.909 bits per heavy atom. The molecule has 2 rings (SSSR count). The predicted molar refractivity (Wildman–Crippen MR) is 48.5 cm³/mol. The van der Waals surface area contributed by atoms with Crippen molar-refractivity contribution in [3.63, 3.8) is 0 Å². The van der Waals surface area contributed by atoms with Crippen LogP contribution in [-0.4, -0.2) is 0 Å². The second-order valence-electron chi connectivity index (χ2n) is 4.30. The van der Waals surface area contributed by atoms with Crippen LogP contribution in [0.4, 0.5) is 0 Å². The molecule has 0 aromatic carbocycles. The summed E-state index contributed by atoms with van der Waals surface area (Å²) in [4.78, 5) is 0. The molecule has 0 radical (unpaired) electrons. The molecule has 0 nitrogen and oxygen atoms in total. The van der Waals surface area contributed by atoms with Crippen molar-refractivity contribution in [3.05, 3.63) is 12.2 Å². The molecule has 0 unspecified atom stereocenters. The van der Waals surface area contributed by atoms with Crippen LogP contribution in [0.15, 0.2) is 12.2 Å². The molecule has 0 heterocycles. The van der Waals surface area contributed by atoms with Gasteiger partial charge in [-0.1, -0.05) is 31.4 Å². The molecule has 1 spiro atoms. The third kappa shape index (κ3) is 1.36. The fourth-order valence-corrected chi connectivity index (χ4v) is 2.35. The molecule has 0 aromatic rings. The molecular formula is C11H18. The summed E-state index contributed by atoms with van der Waals surface area (Å²) < 4.78 is 0. The van der Waals surface area contributed by atoms with E-state index in [4.69, 9.17) is 0 Å². The second-order valence-corrected chi connectivity index (χ2v) is 4.30. The van der Waals surface area contributed by atoms with Crippen LogP contribution in [0.2, 0.25) is 0 Å². The first kappa shape index (κ1) is 7.39. The van der Waals surface area contributed by atoms with Crippen LogP contribution in [0.1, 0.15) is 51.4 Å². The lowest BCUT2D eigenvalue weighted by Crippen LogP contribution is -2.06. The van der Waals surface area contributed by atoms with Crippen LogP contribution in [-0.2, 0) is 0 Å². The number of rotatable bonds is 0. The maximum atomic E-state index is 4.23. The first-order valence-corrected chi connectivity index (χ1v) is 5.02. The average Bonchev–Trinajstić information content (AvgIpc) is 2.74. The van der Waals surface area contributed by atoms with Gasteiger partial charge in [0.1, 0.15) is 0 Å². The minimum atomic E-state index is 0.667. The fourth-order valence-electron chi connectivity index (χ4n) is 2.35. The van der Waals surface area contributed by atoms with E-state index in [1.165, 1.54) is 51.4 Å². The normalized spacial score (nSPS) is 29.6. The van der Waals surface area contributed by atoms with E-state index in [-0.39, 0.29) is 0 Å². The van der Waals surface area contributed by atoms with E-state index in [1.54, 1.807) is 5.57 Å². The van der Waals surface area contributed by atoms with Gasteiger partial charge in [0.15, 0.2) is 0 Å². The van der Waals surface area contributed by atoms with Crippen molar-refractivity contribution in [2.45, 2.75) is 51.4 Å². The molecule has 0 bridgehead atoms. The van der Waals surface area contributed by atoms with Crippen molar-refractivity contribution >= 4 is 0 Å². The van der Waals surface area contributed by atoms with E-state index < -0.39 is 0 Å². The van der Waals surface area contributed by atoms with Crippen LogP contribution in [0.5, 0.6) is 0 Å². The SMILES string of the molecule is C=C1CCCCCCC12CC2. The van der Waals surface area contributed by atoms with E-state index in [0.717, 1.165) is 0 Å². The van der Waals surface area contributed by atoms with Crippen LogP contribution in [0.25, 0.3) is 0 Å². The Morgan fingerprint density at radius 3 is 2.36 bits per heavy atom. The maximum absolute atomic E-state index is 4.23. The summed E-state index contributed by atoms with van der Waals surface area (Å²) >= 11 is 0. The number of allylic oxidation sites excluding steroid dienone is 1. The smallest absolute Gasteiger partial charge is 0.00901 e. The predicted octanol–water partition coefficient (Wildman–Crippen LogP) is 3.68. The zero-order valence-corrected chi connectivity index (χ0v) is 7.36. The highest BCUT2D eigenvalue weighted by Crippen LogP contribution is 2.57. The van der Waals surface area contributed by atoms with Gasteiger partial charge in [-0.05, 0) is 37.5 Å². The van der Waals surface area contributed by atoms with Crippen molar-refractivity contribution < 1.29 is 0 Å². The van der Waals surface area contributed by atoms with Gasteiger partial charge in [-0.25, -0.2) is 0 Å². The summed E-state index contributed by atoms with van der Waals surface area (Å²) in [5.74, 6) is 0. The van der Waals surface area contributed by atoms with Gasteiger partial charge >= 0.3 is 0 Å². The van der Waals surface area contributed by atoms with Gasteiger partial charge in [-0.3, -0.25) is 0 Å². The van der Waals surface area contributed by atoms with Gasteiger partial charge in [0, 0.05) is 0 Å². The molecule has 0 aliphatic heterocycles. The maximum Gasteiger partial charge on any atom is -0.00901 e. The molecule has 0 aromatic heterocycles. The lowest BCUT2D eigenvalue weighted by molar-refractivity contribution is 0.448. The number of hydrogen-bond acceptors (Lipinski definition) is 0. The van der Waals surface area contributed by atoms with Gasteiger partial charge < -0.3 is 0 Å². The minimum Gasteiger partial charge on any atom is -0.0993 e. The van der Waals surface area contributed by atoms with E-state index in [1.807, 2.05) is 0 Å². The van der Waals surface area contributed by atoms with Gasteiger partial charge in [0.05, 0.1) is 0 Å². The van der Waals surface area contributed by atoms with Gasteiger partial charge in [-0.2, -0.15) is 0 Å². The molecule has 0 amide bonds. The Morgan fingerprint density at radius 2 is 1.64 bits per heavy atom. The van der Waals surface area contributed by atoms with E-state index in [2.05, 4.69) is 6.58 Å². The molecule has 11 heavy (non-hydrogen) atoms. The van der Waals surface area contributed by atoms with E-state index in [0.29, 0.717) is 5.41 Å². The summed E-state index contributed by atoms with van der Waals surface area (Å²) in [6, 6.07) is 0. The fraction of sp³-hybridized carbons (Fsp3) is 0.818. The highest BCUT2D eigenvalue weighted by molar-refractivity contribution is 5.18. The monoisotopic (exact) mass is 150 g/mol. The average molecular weight is 150 g/mol. The first-order chi connectivity index (χ1) is 5.33. The Hall–Kier alpha value is -0.260. The second kappa shape index (κ2) is 2.66. The quantitative estimate of drug-likeness (QED) is 0.462. The van der Waals surface area contributed by atoms with E-state index in [9.17, 15) is 0 Å². The Balaban J connectivity index is 2.00. The Kier molecular flexibility index (Phi) is 1.78. The third-order valence-corrected chi connectivity index (χ3v) is 3.49. The summed E-state index contributed by atoms with van der Waals surface area (Å²) in [6.45, 7) is 4.23. The minimum absolute atomic E-state index is 0.667. The molecule has 0 atom stereocenters. The molecule has 62 valence electrons. The zero-order valence-electron chi connectivity index (χ0n) is 7.36. The first-order valence-electron chi connectivity index (χ1n) is 5.02. The van der Waals surface area contributed by atoms with Crippen molar-refractivity contribution in [1.29, 1.82) is 0 Å². The van der Waals surface area contributed by atoms with Crippen molar-refractivity contribution in [3.8, 4) is 0 Å². The van der Waals surface area contributed by atoms with Crippen LogP contribution in [0, 0.1) is 5.41 Å². The van der Waals surface area contributed by atoms with Gasteiger partial charge in [0.25, 0.3) is 0 Å². The highest BCUT2D eigenvalue weighted by Gasteiger charge is 2.43. The van der Waals surface area contributed by atoms with Crippen molar-refractivity contribution in [2.24, 2.45) is 5.41 Å². The number of hydrogen-bond donors (Lipinski definition) is 0. The third-order valence-electron chi connectivity index (χ3n) is 3.49. The largest absolute Gasteiger partial charge is 0.0993 e. The van der Waals surface area contributed by atoms with Crippen LogP contribution < -0.4 is 0 Å². The molecule has 0 N–H and O–H groups in total. The molecule has 0 saturated heterocycles. The molecule has 2 aliphatic carbocycles. The molecule has 2 fully saturated rings. The molecular weight excluding hydrogens is 132 g/mol. The van der Waals surface area contributed by atoms with Crippen molar-refractivity contribution in [2.75, 3.05) is 0 Å². The van der Waals surface area contributed by atoms with Gasteiger partial charge in [-0.15, -0.1) is 0 Å². The highest BCUT2D eigenvalue weighted by atomic mass is 14.5. The Labute approximate surface area is 69.7 Å². The summed E-state index contributed by atoms with van der Waals surface area (Å²) in [7, 11) is 0. The topological polar surface area (TPSA) is 0 Å². The summed E-state index contributed by atoms with van der Waals surface area (Å²) in [6.07, 6.45) is 11.4. The lowest BCUT2D eigenvalue weighted by Gasteiger charge is -2.21. The van der Waals surface area contributed by atoms with Crippen LogP contribution in [0.3, 0.4) is 0 Å². The molecule has 2 saturated carbocycles. The Bertz CT molecular complexity index is 163. The van der Waals surface area contributed by atoms with E-state index >= 15 is 0 Å². The summed E-state index contributed by atoms with van der Waals surface area (Å²) in [5, 5.41) is 0. The molecule has 0 heteroatoms. The van der Waals surface area contributed by atoms with Gasteiger partial charge in [0.2, 0.25) is 0 Å². The zero-order chi connectivity index (χ0) is 7.73. The standard InChI is InChI=1S/C11H18/c1-10-6-4-2-3-5-7-11(10)8-9-11/h1-9H2. The lowest BCUT2D eigenvalue weighted by atomic mass is 9.85. The molecule has 2 aliphatic rings. The van der Waals surface area contributed by atoms with Crippen LogP contribution >= 0.6 is 0 Å².